The van der Waals surface area contributed by atoms with Crippen molar-refractivity contribution in [2.24, 2.45) is 5.10 Å². The molecule has 136 valence electrons. The average molecular weight is 354 g/mol. The summed E-state index contributed by atoms with van der Waals surface area (Å²) in [5.74, 6) is -0.198. The Hall–Kier alpha value is -3.35. The van der Waals surface area contributed by atoms with Crippen molar-refractivity contribution in [1.82, 2.24) is 10.7 Å². The third-order valence-electron chi connectivity index (χ3n) is 3.55. The van der Waals surface area contributed by atoms with Crippen LogP contribution in [0.2, 0.25) is 0 Å². The lowest BCUT2D eigenvalue weighted by Crippen LogP contribution is -2.34. The SMILES string of the molecule is COc1cccc(C(=O)NCC(=O)N/N=C\c2ccc(N(C)C)cc2)c1. The molecule has 2 amide bonds. The van der Waals surface area contributed by atoms with Crippen molar-refractivity contribution in [2.45, 2.75) is 0 Å². The molecule has 0 radical (unpaired) electrons. The summed E-state index contributed by atoms with van der Waals surface area (Å²) < 4.78 is 5.07. The van der Waals surface area contributed by atoms with E-state index in [0.29, 0.717) is 11.3 Å². The molecule has 2 rings (SSSR count). The summed E-state index contributed by atoms with van der Waals surface area (Å²) >= 11 is 0. The Balaban J connectivity index is 1.80. The summed E-state index contributed by atoms with van der Waals surface area (Å²) in [6.07, 6.45) is 1.54. The van der Waals surface area contributed by atoms with Gasteiger partial charge in [-0.15, -0.1) is 0 Å². The highest BCUT2D eigenvalue weighted by atomic mass is 16.5. The zero-order valence-corrected chi connectivity index (χ0v) is 15.0. The number of rotatable bonds is 7. The number of hydrazone groups is 1. The number of hydrogen-bond donors (Lipinski definition) is 2. The van der Waals surface area contributed by atoms with E-state index in [9.17, 15) is 9.59 Å². The highest BCUT2D eigenvalue weighted by Gasteiger charge is 2.08. The van der Waals surface area contributed by atoms with Gasteiger partial charge in [0.1, 0.15) is 5.75 Å². The lowest BCUT2D eigenvalue weighted by atomic mass is 10.2. The molecule has 0 aromatic heterocycles. The van der Waals surface area contributed by atoms with Crippen molar-refractivity contribution in [3.05, 3.63) is 59.7 Å². The minimum Gasteiger partial charge on any atom is -0.497 e. The zero-order valence-electron chi connectivity index (χ0n) is 15.0. The van der Waals surface area contributed by atoms with Crippen LogP contribution in [-0.2, 0) is 4.79 Å². The zero-order chi connectivity index (χ0) is 18.9. The monoisotopic (exact) mass is 354 g/mol. The maximum absolute atomic E-state index is 12.0. The molecule has 2 N–H and O–H groups in total. The largest absolute Gasteiger partial charge is 0.497 e. The number of amides is 2. The molecule has 0 atom stereocenters. The number of benzene rings is 2. The van der Waals surface area contributed by atoms with E-state index in [2.05, 4.69) is 15.8 Å². The molecule has 0 aliphatic carbocycles. The minimum absolute atomic E-state index is 0.174. The maximum Gasteiger partial charge on any atom is 0.259 e. The molecule has 2 aromatic rings. The van der Waals surface area contributed by atoms with Crippen LogP contribution >= 0.6 is 0 Å². The predicted octanol–water partition coefficient (Wildman–Crippen LogP) is 1.64. The van der Waals surface area contributed by atoms with Crippen LogP contribution in [0.15, 0.2) is 53.6 Å². The van der Waals surface area contributed by atoms with Crippen LogP contribution in [0.25, 0.3) is 0 Å². The molecule has 2 aromatic carbocycles. The number of carbonyl (C=O) groups excluding carboxylic acids is 2. The van der Waals surface area contributed by atoms with Crippen LogP contribution in [0, 0.1) is 0 Å². The predicted molar refractivity (Wildman–Crippen MR) is 102 cm³/mol. The molecular formula is C19H22N4O3. The molecule has 26 heavy (non-hydrogen) atoms. The fourth-order valence-electron chi connectivity index (χ4n) is 2.10. The highest BCUT2D eigenvalue weighted by molar-refractivity contribution is 5.96. The van der Waals surface area contributed by atoms with Gasteiger partial charge in [0.25, 0.3) is 11.8 Å². The number of nitrogens with one attached hydrogen (secondary N) is 2. The second-order valence-electron chi connectivity index (χ2n) is 5.69. The summed E-state index contributed by atoms with van der Waals surface area (Å²) in [5.41, 5.74) is 4.73. The number of carbonyl (C=O) groups is 2. The molecule has 0 unspecified atom stereocenters. The third-order valence-corrected chi connectivity index (χ3v) is 3.55. The van der Waals surface area contributed by atoms with Gasteiger partial charge in [0.15, 0.2) is 0 Å². The first kappa shape index (κ1) is 19.0. The van der Waals surface area contributed by atoms with Crippen molar-refractivity contribution in [2.75, 3.05) is 32.6 Å². The van der Waals surface area contributed by atoms with Crippen LogP contribution in [0.5, 0.6) is 5.75 Å². The standard InChI is InChI=1S/C19H22N4O3/c1-23(2)16-9-7-14(8-10-16)12-21-22-18(24)13-20-19(25)15-5-4-6-17(11-15)26-3/h4-12H,13H2,1-3H3,(H,20,25)(H,22,24)/b21-12-. The first-order valence-electron chi connectivity index (χ1n) is 8.01. The van der Waals surface area contributed by atoms with Gasteiger partial charge in [-0.1, -0.05) is 18.2 Å². The van der Waals surface area contributed by atoms with Gasteiger partial charge in [0, 0.05) is 25.3 Å². The van der Waals surface area contributed by atoms with Crippen LogP contribution in [0.4, 0.5) is 5.69 Å². The Morgan fingerprint density at radius 2 is 1.88 bits per heavy atom. The number of hydrogen-bond acceptors (Lipinski definition) is 5. The van der Waals surface area contributed by atoms with Gasteiger partial charge >= 0.3 is 0 Å². The van der Waals surface area contributed by atoms with Crippen LogP contribution in [0.1, 0.15) is 15.9 Å². The van der Waals surface area contributed by atoms with Crippen molar-refractivity contribution in [3.8, 4) is 5.75 Å². The van der Waals surface area contributed by atoms with Gasteiger partial charge in [0.2, 0.25) is 0 Å². The molecule has 7 nitrogen and oxygen atoms in total. The van der Waals surface area contributed by atoms with E-state index < -0.39 is 5.91 Å². The van der Waals surface area contributed by atoms with Gasteiger partial charge in [0.05, 0.1) is 19.9 Å². The lowest BCUT2D eigenvalue weighted by molar-refractivity contribution is -0.120. The maximum atomic E-state index is 12.0. The van der Waals surface area contributed by atoms with E-state index in [-0.39, 0.29) is 12.5 Å². The highest BCUT2D eigenvalue weighted by Crippen LogP contribution is 2.12. The Morgan fingerprint density at radius 1 is 1.15 bits per heavy atom. The molecule has 0 aliphatic rings. The average Bonchev–Trinajstić information content (AvgIpc) is 2.66. The van der Waals surface area contributed by atoms with E-state index in [1.165, 1.54) is 7.11 Å². The summed E-state index contributed by atoms with van der Waals surface area (Å²) in [6, 6.07) is 14.4. The Kier molecular flexibility index (Phi) is 6.73. The number of methoxy groups -OCH3 is 1. The summed E-state index contributed by atoms with van der Waals surface area (Å²) in [5, 5.41) is 6.42. The Bertz CT molecular complexity index is 786. The fourth-order valence-corrected chi connectivity index (χ4v) is 2.10. The quantitative estimate of drug-likeness (QED) is 0.585. The normalized spacial score (nSPS) is 10.4. The van der Waals surface area contributed by atoms with Crippen LogP contribution in [0.3, 0.4) is 0 Å². The minimum atomic E-state index is -0.414. The van der Waals surface area contributed by atoms with E-state index >= 15 is 0 Å². The molecule has 0 saturated heterocycles. The van der Waals surface area contributed by atoms with Gasteiger partial charge in [-0.3, -0.25) is 9.59 Å². The molecule has 0 saturated carbocycles. The van der Waals surface area contributed by atoms with Crippen molar-refractivity contribution >= 4 is 23.7 Å². The molecule has 0 aliphatic heterocycles. The van der Waals surface area contributed by atoms with Gasteiger partial charge in [-0.2, -0.15) is 5.10 Å². The summed E-state index contributed by atoms with van der Waals surface area (Å²) in [6.45, 7) is -0.174. The first-order valence-corrected chi connectivity index (χ1v) is 8.01. The van der Waals surface area contributed by atoms with Gasteiger partial charge < -0.3 is 15.0 Å². The third kappa shape index (κ3) is 5.62. The second-order valence-corrected chi connectivity index (χ2v) is 5.69. The topological polar surface area (TPSA) is 83.0 Å². The lowest BCUT2D eigenvalue weighted by Gasteiger charge is -2.11. The number of nitrogens with zero attached hydrogens (tertiary/aromatic N) is 2. The van der Waals surface area contributed by atoms with Crippen LogP contribution in [-0.4, -0.2) is 45.8 Å². The molecule has 0 bridgehead atoms. The Morgan fingerprint density at radius 3 is 2.54 bits per heavy atom. The van der Waals surface area contributed by atoms with Crippen molar-refractivity contribution in [3.63, 3.8) is 0 Å². The van der Waals surface area contributed by atoms with Crippen LogP contribution < -0.4 is 20.4 Å². The van der Waals surface area contributed by atoms with E-state index in [1.54, 1.807) is 30.5 Å². The second kappa shape index (κ2) is 9.22. The van der Waals surface area contributed by atoms with E-state index in [1.807, 2.05) is 43.3 Å². The first-order chi connectivity index (χ1) is 12.5. The van der Waals surface area contributed by atoms with Crippen molar-refractivity contribution < 1.29 is 14.3 Å². The van der Waals surface area contributed by atoms with E-state index in [0.717, 1.165) is 11.3 Å². The summed E-state index contributed by atoms with van der Waals surface area (Å²) in [4.78, 5) is 25.8. The molecule has 0 fully saturated rings. The molecule has 7 heteroatoms. The molecule has 0 heterocycles. The number of ether oxygens (including phenoxy) is 1. The Labute approximate surface area is 152 Å². The van der Waals surface area contributed by atoms with E-state index in [4.69, 9.17) is 4.74 Å². The summed E-state index contributed by atoms with van der Waals surface area (Å²) in [7, 11) is 5.45. The smallest absolute Gasteiger partial charge is 0.259 e. The number of anilines is 1. The fraction of sp³-hybridized carbons (Fsp3) is 0.211. The van der Waals surface area contributed by atoms with Gasteiger partial charge in [-0.05, 0) is 35.9 Å². The van der Waals surface area contributed by atoms with Crippen molar-refractivity contribution in [1.29, 1.82) is 0 Å². The molecular weight excluding hydrogens is 332 g/mol. The molecule has 0 spiro atoms. The van der Waals surface area contributed by atoms with Gasteiger partial charge in [-0.25, -0.2) is 5.43 Å².